The molecule has 3 N–H and O–H groups in total. The fourth-order valence-corrected chi connectivity index (χ4v) is 4.98. The number of hydrogen-bond donors (Lipinski definition) is 3. The van der Waals surface area contributed by atoms with Crippen molar-refractivity contribution in [2.45, 2.75) is 24.3 Å². The topological polar surface area (TPSA) is 104 Å². The average Bonchev–Trinajstić information content (AvgIpc) is 2.71. The van der Waals surface area contributed by atoms with Crippen LogP contribution in [0.3, 0.4) is 0 Å². The van der Waals surface area contributed by atoms with Crippen molar-refractivity contribution in [2.75, 3.05) is 12.0 Å². The summed E-state index contributed by atoms with van der Waals surface area (Å²) in [6.07, 6.45) is 2.03. The van der Waals surface area contributed by atoms with Crippen LogP contribution in [-0.4, -0.2) is 38.3 Å². The Labute approximate surface area is 189 Å². The summed E-state index contributed by atoms with van der Waals surface area (Å²) in [6, 6.07) is 9.77. The summed E-state index contributed by atoms with van der Waals surface area (Å²) < 4.78 is 27.9. The zero-order chi connectivity index (χ0) is 22.3. The minimum absolute atomic E-state index is 0.0243. The van der Waals surface area contributed by atoms with Crippen LogP contribution in [0.5, 0.6) is 0 Å². The van der Waals surface area contributed by atoms with E-state index in [1.54, 1.807) is 31.2 Å². The molecule has 1 atom stereocenters. The van der Waals surface area contributed by atoms with Crippen molar-refractivity contribution in [1.29, 1.82) is 0 Å². The van der Waals surface area contributed by atoms with Crippen LogP contribution in [0, 0.1) is 6.92 Å². The molecule has 0 spiro atoms. The van der Waals surface area contributed by atoms with E-state index in [1.165, 1.54) is 30.0 Å². The lowest BCUT2D eigenvalue weighted by Crippen LogP contribution is -2.52. The van der Waals surface area contributed by atoms with E-state index in [-0.39, 0.29) is 21.4 Å². The summed E-state index contributed by atoms with van der Waals surface area (Å²) in [5.74, 6) is -0.700. The van der Waals surface area contributed by atoms with Gasteiger partial charge >= 0.3 is 0 Å². The Morgan fingerprint density at radius 1 is 1.10 bits per heavy atom. The van der Waals surface area contributed by atoms with Gasteiger partial charge in [-0.05, 0) is 55.2 Å². The van der Waals surface area contributed by atoms with Crippen LogP contribution in [0.2, 0.25) is 10.0 Å². The molecule has 0 heterocycles. The van der Waals surface area contributed by atoms with Gasteiger partial charge in [0.15, 0.2) is 0 Å². The second-order valence-corrected chi connectivity index (χ2v) is 9.80. The van der Waals surface area contributed by atoms with Gasteiger partial charge in [-0.1, -0.05) is 41.4 Å². The molecule has 7 nitrogen and oxygen atoms in total. The van der Waals surface area contributed by atoms with Crippen molar-refractivity contribution in [3.63, 3.8) is 0 Å². The van der Waals surface area contributed by atoms with Gasteiger partial charge in [0.25, 0.3) is 11.8 Å². The maximum absolute atomic E-state index is 12.8. The van der Waals surface area contributed by atoms with Gasteiger partial charge in [0.05, 0.1) is 5.02 Å². The average molecular weight is 490 g/mol. The molecule has 0 aliphatic rings. The molecule has 2 aromatic carbocycles. The Balaban J connectivity index is 2.14. The number of carbonyl (C=O) groups excluding carboxylic acids is 2. The third-order valence-corrected chi connectivity index (χ3v) is 6.93. The molecule has 0 saturated carbocycles. The standard InChI is InChI=1S/C19H21Cl2N3O4S2/c1-12-5-3-4-6-14(12)18(25)22-23-19(26)16(9-10-29-2)24-30(27,28)17-11-13(20)7-8-15(17)21/h3-8,11,16,24H,9-10H2,1-2H3,(H,22,25)(H,23,26). The number of hydrazine groups is 1. The zero-order valence-electron chi connectivity index (χ0n) is 16.2. The highest BCUT2D eigenvalue weighted by atomic mass is 35.5. The maximum Gasteiger partial charge on any atom is 0.269 e. The van der Waals surface area contributed by atoms with Crippen LogP contribution in [0.15, 0.2) is 47.4 Å². The fraction of sp³-hybridized carbons (Fsp3) is 0.263. The van der Waals surface area contributed by atoms with E-state index in [0.717, 1.165) is 5.56 Å². The number of halogens is 2. The van der Waals surface area contributed by atoms with E-state index in [0.29, 0.717) is 11.3 Å². The summed E-state index contributed by atoms with van der Waals surface area (Å²) in [5.41, 5.74) is 5.73. The molecule has 0 aliphatic heterocycles. The van der Waals surface area contributed by atoms with E-state index >= 15 is 0 Å². The van der Waals surface area contributed by atoms with Gasteiger partial charge in [-0.25, -0.2) is 8.42 Å². The highest BCUT2D eigenvalue weighted by Gasteiger charge is 2.27. The fourth-order valence-electron chi connectivity index (χ4n) is 2.51. The number of nitrogens with one attached hydrogen (secondary N) is 3. The summed E-state index contributed by atoms with van der Waals surface area (Å²) in [5, 5.41) is 0.166. The molecule has 0 radical (unpaired) electrons. The van der Waals surface area contributed by atoms with Gasteiger partial charge in [0, 0.05) is 10.6 Å². The first-order valence-electron chi connectivity index (χ1n) is 8.78. The predicted octanol–water partition coefficient (Wildman–Crippen LogP) is 3.16. The third kappa shape index (κ3) is 6.61. The molecule has 1 unspecified atom stereocenters. The van der Waals surface area contributed by atoms with E-state index in [1.807, 2.05) is 6.26 Å². The van der Waals surface area contributed by atoms with E-state index in [2.05, 4.69) is 15.6 Å². The summed E-state index contributed by atoms with van der Waals surface area (Å²) in [6.45, 7) is 1.76. The Kier molecular flexibility index (Phi) is 8.99. The Bertz CT molecular complexity index is 1030. The molecule has 30 heavy (non-hydrogen) atoms. The van der Waals surface area contributed by atoms with Crippen LogP contribution in [0.25, 0.3) is 0 Å². The second-order valence-electron chi connectivity index (χ2n) is 6.29. The van der Waals surface area contributed by atoms with Crippen LogP contribution in [0.4, 0.5) is 0 Å². The van der Waals surface area contributed by atoms with Gasteiger partial charge in [-0.3, -0.25) is 20.4 Å². The van der Waals surface area contributed by atoms with Crippen LogP contribution in [-0.2, 0) is 14.8 Å². The molecule has 0 fully saturated rings. The molecule has 162 valence electrons. The largest absolute Gasteiger partial charge is 0.271 e. The third-order valence-electron chi connectivity index (χ3n) is 4.10. The Morgan fingerprint density at radius 2 is 1.80 bits per heavy atom. The quantitative estimate of drug-likeness (QED) is 0.494. The number of rotatable bonds is 8. The molecule has 2 amide bonds. The summed E-state index contributed by atoms with van der Waals surface area (Å²) in [4.78, 5) is 24.7. The molecule has 0 aliphatic carbocycles. The van der Waals surface area contributed by atoms with Crippen molar-refractivity contribution in [1.82, 2.24) is 15.6 Å². The number of thioether (sulfide) groups is 1. The minimum Gasteiger partial charge on any atom is -0.271 e. The van der Waals surface area contributed by atoms with E-state index in [9.17, 15) is 18.0 Å². The van der Waals surface area contributed by atoms with Crippen molar-refractivity contribution < 1.29 is 18.0 Å². The lowest BCUT2D eigenvalue weighted by Gasteiger charge is -2.19. The van der Waals surface area contributed by atoms with E-state index in [4.69, 9.17) is 23.2 Å². The predicted molar refractivity (Wildman–Crippen MR) is 120 cm³/mol. The summed E-state index contributed by atoms with van der Waals surface area (Å²) in [7, 11) is -4.13. The molecule has 0 aromatic heterocycles. The molecule has 0 saturated heterocycles. The lowest BCUT2D eigenvalue weighted by molar-refractivity contribution is -0.123. The van der Waals surface area contributed by atoms with Crippen LogP contribution >= 0.6 is 35.0 Å². The monoisotopic (exact) mass is 489 g/mol. The molecular formula is C19H21Cl2N3O4S2. The minimum atomic E-state index is -4.13. The first kappa shape index (κ1) is 24.5. The highest BCUT2D eigenvalue weighted by molar-refractivity contribution is 7.98. The number of hydrogen-bond acceptors (Lipinski definition) is 5. The first-order valence-corrected chi connectivity index (χ1v) is 12.4. The number of aryl methyl sites for hydroxylation is 1. The van der Waals surface area contributed by atoms with Crippen molar-refractivity contribution in [3.05, 3.63) is 63.6 Å². The SMILES string of the molecule is CSCCC(NS(=O)(=O)c1cc(Cl)ccc1Cl)C(=O)NNC(=O)c1ccccc1C. The van der Waals surface area contributed by atoms with Crippen molar-refractivity contribution in [2.24, 2.45) is 0 Å². The Hall–Kier alpha value is -1.78. The first-order chi connectivity index (χ1) is 14.2. The Morgan fingerprint density at radius 3 is 2.47 bits per heavy atom. The van der Waals surface area contributed by atoms with Gasteiger partial charge in [-0.2, -0.15) is 16.5 Å². The van der Waals surface area contributed by atoms with Crippen molar-refractivity contribution >= 4 is 56.8 Å². The van der Waals surface area contributed by atoms with E-state index < -0.39 is 27.9 Å². The van der Waals surface area contributed by atoms with Gasteiger partial charge in [0.1, 0.15) is 10.9 Å². The number of sulfonamides is 1. The molecule has 2 aromatic rings. The zero-order valence-corrected chi connectivity index (χ0v) is 19.4. The summed E-state index contributed by atoms with van der Waals surface area (Å²) >= 11 is 13.3. The lowest BCUT2D eigenvalue weighted by atomic mass is 10.1. The van der Waals surface area contributed by atoms with Gasteiger partial charge in [-0.15, -0.1) is 0 Å². The van der Waals surface area contributed by atoms with Gasteiger partial charge in [0.2, 0.25) is 10.0 Å². The van der Waals surface area contributed by atoms with Gasteiger partial charge < -0.3 is 0 Å². The second kappa shape index (κ2) is 11.0. The van der Waals surface area contributed by atoms with Crippen molar-refractivity contribution in [3.8, 4) is 0 Å². The molecular weight excluding hydrogens is 469 g/mol. The van der Waals surface area contributed by atoms with Crippen LogP contribution in [0.1, 0.15) is 22.3 Å². The number of benzene rings is 2. The molecule has 11 heteroatoms. The number of carbonyl (C=O) groups is 2. The normalized spacial score (nSPS) is 12.3. The number of amides is 2. The molecule has 0 bridgehead atoms. The highest BCUT2D eigenvalue weighted by Crippen LogP contribution is 2.25. The van der Waals surface area contributed by atoms with Crippen LogP contribution < -0.4 is 15.6 Å². The molecule has 2 rings (SSSR count). The smallest absolute Gasteiger partial charge is 0.269 e. The maximum atomic E-state index is 12.8.